The summed E-state index contributed by atoms with van der Waals surface area (Å²) < 4.78 is 22.8. The molecule has 15 nitrogen and oxygen atoms in total. The third kappa shape index (κ3) is 9.27. The first-order chi connectivity index (χ1) is 29.4. The lowest BCUT2D eigenvalue weighted by Gasteiger charge is -2.52. The van der Waals surface area contributed by atoms with Crippen molar-refractivity contribution in [3.05, 3.63) is 184 Å². The Balaban J connectivity index is 1.50. The molecule has 1 heterocycles. The van der Waals surface area contributed by atoms with Gasteiger partial charge in [0.15, 0.2) is 0 Å². The van der Waals surface area contributed by atoms with Gasteiger partial charge < -0.3 is 18.9 Å². The predicted octanol–water partition coefficient (Wildman–Crippen LogP) is 6.36. The fraction of sp³-hybridized carbons (Fsp3) is 0.178. The number of hydrogen-bond acceptors (Lipinski definition) is 12. The second-order valence-corrected chi connectivity index (χ2v) is 17.1. The first kappa shape index (κ1) is 43.2. The van der Waals surface area contributed by atoms with E-state index in [9.17, 15) is 29.8 Å². The van der Waals surface area contributed by atoms with Gasteiger partial charge >= 0.3 is 18.1 Å². The van der Waals surface area contributed by atoms with E-state index in [2.05, 4.69) is 6.58 Å². The molecule has 1 saturated heterocycles. The van der Waals surface area contributed by atoms with Crippen molar-refractivity contribution in [3.63, 3.8) is 0 Å². The quantitative estimate of drug-likeness (QED) is 0.0203. The zero-order valence-electron chi connectivity index (χ0n) is 33.0. The molecule has 0 N–H and O–H groups in total. The maximum Gasteiger partial charge on any atom is 0.508 e. The Bertz CT molecular complexity index is 2380. The molecular formula is C45H40N3O12P. The van der Waals surface area contributed by atoms with E-state index in [1.165, 1.54) is 73.4 Å². The third-order valence-electron chi connectivity index (χ3n) is 10.0. The predicted molar refractivity (Wildman–Crippen MR) is 227 cm³/mol. The molecule has 0 aliphatic carbocycles. The van der Waals surface area contributed by atoms with Crippen LogP contribution in [0.3, 0.4) is 0 Å². The zero-order chi connectivity index (χ0) is 43.7. The van der Waals surface area contributed by atoms with Crippen molar-refractivity contribution < 1.29 is 48.0 Å². The van der Waals surface area contributed by atoms with Crippen molar-refractivity contribution in [1.29, 1.82) is 0 Å². The van der Waals surface area contributed by atoms with Gasteiger partial charge in [0, 0.05) is 38.1 Å². The van der Waals surface area contributed by atoms with Gasteiger partial charge in [-0.1, -0.05) is 97.6 Å². The molecule has 0 bridgehead atoms. The normalized spacial score (nSPS) is 15.6. The first-order valence-electron chi connectivity index (χ1n) is 18.9. The number of β-lactam (4-membered cyclic amide) rings is 1. The maximum absolute atomic E-state index is 15.2. The van der Waals surface area contributed by atoms with Crippen LogP contribution in [0.15, 0.2) is 152 Å². The highest BCUT2D eigenvalue weighted by atomic mass is 31.2. The number of nitro benzene ring substituents is 2. The van der Waals surface area contributed by atoms with Crippen LogP contribution < -0.4 is 15.9 Å². The van der Waals surface area contributed by atoms with Gasteiger partial charge in [-0.2, -0.15) is 0 Å². The summed E-state index contributed by atoms with van der Waals surface area (Å²) in [5.74, 6) is -3.48. The molecule has 61 heavy (non-hydrogen) atoms. The molecule has 312 valence electrons. The Hall–Kier alpha value is -7.38. The van der Waals surface area contributed by atoms with E-state index < -0.39 is 64.9 Å². The summed E-state index contributed by atoms with van der Waals surface area (Å²) >= 11 is 0. The summed E-state index contributed by atoms with van der Waals surface area (Å²) in [6.45, 7) is 2.45. The molecule has 1 aliphatic rings. The fourth-order valence-corrected chi connectivity index (χ4v) is 11.6. The molecule has 0 radical (unpaired) electrons. The van der Waals surface area contributed by atoms with Gasteiger partial charge in [0.2, 0.25) is 5.91 Å². The number of benzene rings is 5. The number of nitro groups is 2. The summed E-state index contributed by atoms with van der Waals surface area (Å²) in [4.78, 5) is 78.5. The Morgan fingerprint density at radius 3 is 1.52 bits per heavy atom. The number of carbonyl (C=O) groups is 4. The van der Waals surface area contributed by atoms with E-state index in [0.29, 0.717) is 27.0 Å². The molecule has 6 rings (SSSR count). The van der Waals surface area contributed by atoms with Gasteiger partial charge in [-0.3, -0.25) is 34.7 Å². The molecule has 0 spiro atoms. The van der Waals surface area contributed by atoms with Crippen LogP contribution in [0, 0.1) is 26.1 Å². The van der Waals surface area contributed by atoms with Crippen molar-refractivity contribution in [2.45, 2.75) is 45.3 Å². The molecule has 0 saturated carbocycles. The molecule has 1 unspecified atom stereocenters. The van der Waals surface area contributed by atoms with Crippen molar-refractivity contribution in [1.82, 2.24) is 4.90 Å². The van der Waals surface area contributed by atoms with E-state index in [-0.39, 0.29) is 30.0 Å². The van der Waals surface area contributed by atoms with Crippen LogP contribution in [0.4, 0.5) is 16.2 Å². The summed E-state index contributed by atoms with van der Waals surface area (Å²) in [6.07, 6.45) is -2.27. The topological polar surface area (TPSA) is 195 Å². The molecule has 1 aliphatic heterocycles. The van der Waals surface area contributed by atoms with Crippen LogP contribution >= 0.6 is 6.89 Å². The van der Waals surface area contributed by atoms with E-state index in [1.54, 1.807) is 0 Å². The Kier molecular flexibility index (Phi) is 13.5. The molecule has 5 aromatic carbocycles. The number of nitrogens with zero attached hydrogens (tertiary/aromatic N) is 3. The smallest absolute Gasteiger partial charge is 0.456 e. The Morgan fingerprint density at radius 2 is 1.13 bits per heavy atom. The number of rotatable bonds is 16. The van der Waals surface area contributed by atoms with Crippen LogP contribution in [-0.4, -0.2) is 62.4 Å². The largest absolute Gasteiger partial charge is 0.508 e. The summed E-state index contributed by atoms with van der Waals surface area (Å²) in [5, 5.41) is 24.4. The number of carbonyl (C=O) groups excluding carboxylic acids is 4. The monoisotopic (exact) mass is 845 g/mol. The zero-order valence-corrected chi connectivity index (χ0v) is 33.9. The number of esters is 2. The van der Waals surface area contributed by atoms with Crippen molar-refractivity contribution in [3.8, 4) is 0 Å². The van der Waals surface area contributed by atoms with Gasteiger partial charge in [-0.25, -0.2) is 9.59 Å². The highest BCUT2D eigenvalue weighted by molar-refractivity contribution is 7.96. The van der Waals surface area contributed by atoms with E-state index in [1.807, 2.05) is 91.0 Å². The number of amides is 1. The molecule has 5 aromatic rings. The molecular weight excluding hydrogens is 805 g/mol. The minimum Gasteiger partial charge on any atom is -0.456 e. The van der Waals surface area contributed by atoms with E-state index in [0.717, 1.165) is 0 Å². The fourth-order valence-electron chi connectivity index (χ4n) is 7.26. The van der Waals surface area contributed by atoms with Gasteiger partial charge in [0.05, 0.1) is 15.9 Å². The Labute approximate surface area is 350 Å². The number of hydrogen-bond donors (Lipinski definition) is 0. The first-order valence-corrected chi connectivity index (χ1v) is 20.7. The van der Waals surface area contributed by atoms with Crippen LogP contribution in [0.1, 0.15) is 25.0 Å². The third-order valence-corrected chi connectivity index (χ3v) is 14.3. The second kappa shape index (κ2) is 19.1. The average Bonchev–Trinajstić information content (AvgIpc) is 3.27. The Morgan fingerprint density at radius 1 is 0.705 bits per heavy atom. The van der Waals surface area contributed by atoms with Gasteiger partial charge in [0.1, 0.15) is 36.8 Å². The van der Waals surface area contributed by atoms with Crippen LogP contribution in [0.2, 0.25) is 0 Å². The second-order valence-electron chi connectivity index (χ2n) is 13.8. The number of ether oxygens (including phenoxy) is 4. The van der Waals surface area contributed by atoms with E-state index >= 15 is 9.59 Å². The molecule has 4 atom stereocenters. The highest BCUT2D eigenvalue weighted by Gasteiger charge is 2.59. The van der Waals surface area contributed by atoms with Crippen LogP contribution in [-0.2, 0) is 46.5 Å². The van der Waals surface area contributed by atoms with E-state index in [4.69, 9.17) is 18.9 Å². The van der Waals surface area contributed by atoms with Gasteiger partial charge in [-0.15, -0.1) is 0 Å². The lowest BCUT2D eigenvalue weighted by atomic mass is 9.79. The van der Waals surface area contributed by atoms with Crippen molar-refractivity contribution in [2.24, 2.45) is 5.92 Å². The molecule has 16 heteroatoms. The van der Waals surface area contributed by atoms with Gasteiger partial charge in [-0.05, 0) is 64.3 Å². The lowest BCUT2D eigenvalue weighted by Crippen LogP contribution is -2.72. The van der Waals surface area contributed by atoms with Crippen LogP contribution in [0.25, 0.3) is 0 Å². The lowest BCUT2D eigenvalue weighted by molar-refractivity contribution is -0.385. The SMILES string of the molecule is C=C[C@@H](OC(C)=O)C1[C@@H]([C@@H](C)OC(=O)OCc2ccc([N+](=O)[O-])cc2)C(=O)N1C(C(=O)OCc1ccc([N+](=O)[O-])cc1)=P(c1ccccc1)(c1ccccc1)c1ccccc1. The summed E-state index contributed by atoms with van der Waals surface area (Å²) in [6, 6.07) is 37.2. The van der Waals surface area contributed by atoms with Crippen molar-refractivity contribution in [2.75, 3.05) is 0 Å². The number of likely N-dealkylation sites (tertiary alicyclic amines) is 1. The maximum atomic E-state index is 15.2. The average molecular weight is 846 g/mol. The molecule has 0 aromatic heterocycles. The van der Waals surface area contributed by atoms with Crippen LogP contribution in [0.5, 0.6) is 0 Å². The van der Waals surface area contributed by atoms with Crippen molar-refractivity contribution >= 4 is 63.6 Å². The number of non-ortho nitro benzene ring substituents is 2. The summed E-state index contributed by atoms with van der Waals surface area (Å²) in [5.41, 5.74) is 0.500. The summed E-state index contributed by atoms with van der Waals surface area (Å²) in [7, 11) is 0. The minimum absolute atomic E-state index is 0.0730. The molecule has 1 amide bonds. The van der Waals surface area contributed by atoms with Gasteiger partial charge in [0.25, 0.3) is 11.4 Å². The molecule has 1 fully saturated rings. The highest BCUT2D eigenvalue weighted by Crippen LogP contribution is 2.50. The minimum atomic E-state index is -3.47. The standard InChI is InChI=1S/C45H40N3O12P/c1-4-39(60-31(3)49)41-40(30(2)59-45(52)58-29-33-22-26-35(27-23-33)48(55)56)42(50)46(41)43(44(51)57-28-32-20-24-34(25-21-32)47(53)54)61(36-14-8-5-9-15-36,37-16-10-6-11-17-37)38-18-12-7-13-19-38/h4-27,30,39-41H,1,28-29H2,2-3H3/t30-,39-,40-,41?/m1/s1.